The maximum Gasteiger partial charge on any atom is 0.255 e. The number of carbonyl (C=O) groups excluding carboxylic acids is 1. The maximum atomic E-state index is 13.7. The summed E-state index contributed by atoms with van der Waals surface area (Å²) in [5, 5.41) is 3.65. The van der Waals surface area contributed by atoms with Gasteiger partial charge in [0.15, 0.2) is 0 Å². The number of para-hydroxylation sites is 1. The van der Waals surface area contributed by atoms with Gasteiger partial charge in [-0.05, 0) is 42.1 Å². The number of aryl methyl sites for hydroxylation is 1. The van der Waals surface area contributed by atoms with Crippen molar-refractivity contribution in [1.29, 1.82) is 0 Å². The SMILES string of the molecule is Cc1cccc(F)c1NC(=O)c1ccc2cc[nH]c2c1. The van der Waals surface area contributed by atoms with E-state index in [9.17, 15) is 9.18 Å². The van der Waals surface area contributed by atoms with Crippen LogP contribution in [-0.4, -0.2) is 10.9 Å². The minimum atomic E-state index is -0.431. The van der Waals surface area contributed by atoms with Crippen LogP contribution in [0.5, 0.6) is 0 Å². The van der Waals surface area contributed by atoms with Crippen molar-refractivity contribution in [3.05, 3.63) is 65.6 Å². The van der Waals surface area contributed by atoms with Crippen molar-refractivity contribution in [3.63, 3.8) is 0 Å². The highest BCUT2D eigenvalue weighted by Crippen LogP contribution is 2.20. The van der Waals surface area contributed by atoms with Crippen LogP contribution >= 0.6 is 0 Å². The molecule has 0 aliphatic carbocycles. The van der Waals surface area contributed by atoms with Crippen molar-refractivity contribution in [3.8, 4) is 0 Å². The molecule has 0 fully saturated rings. The maximum absolute atomic E-state index is 13.7. The van der Waals surface area contributed by atoms with E-state index in [2.05, 4.69) is 10.3 Å². The number of amides is 1. The number of hydrogen-bond donors (Lipinski definition) is 2. The van der Waals surface area contributed by atoms with Gasteiger partial charge >= 0.3 is 0 Å². The van der Waals surface area contributed by atoms with Crippen LogP contribution in [0.3, 0.4) is 0 Å². The molecule has 0 radical (unpaired) electrons. The van der Waals surface area contributed by atoms with Crippen molar-refractivity contribution in [2.24, 2.45) is 0 Å². The van der Waals surface area contributed by atoms with Gasteiger partial charge in [0.1, 0.15) is 5.82 Å². The minimum absolute atomic E-state index is 0.226. The standard InChI is InChI=1S/C16H13FN2O/c1-10-3-2-4-13(17)15(10)19-16(20)12-6-5-11-7-8-18-14(11)9-12/h2-9,18H,1H3,(H,19,20). The van der Waals surface area contributed by atoms with Crippen LogP contribution in [0, 0.1) is 12.7 Å². The molecule has 0 unspecified atom stereocenters. The number of hydrogen-bond acceptors (Lipinski definition) is 1. The highest BCUT2D eigenvalue weighted by Gasteiger charge is 2.11. The Morgan fingerprint density at radius 3 is 2.85 bits per heavy atom. The van der Waals surface area contributed by atoms with Gasteiger partial charge in [-0.15, -0.1) is 0 Å². The summed E-state index contributed by atoms with van der Waals surface area (Å²) < 4.78 is 13.7. The number of benzene rings is 2. The molecule has 20 heavy (non-hydrogen) atoms. The molecule has 2 N–H and O–H groups in total. The van der Waals surface area contributed by atoms with E-state index < -0.39 is 5.82 Å². The number of halogens is 1. The van der Waals surface area contributed by atoms with Crippen LogP contribution in [0.4, 0.5) is 10.1 Å². The summed E-state index contributed by atoms with van der Waals surface area (Å²) in [7, 11) is 0. The van der Waals surface area contributed by atoms with E-state index in [0.29, 0.717) is 11.1 Å². The Kier molecular flexibility index (Phi) is 2.99. The number of rotatable bonds is 2. The number of fused-ring (bicyclic) bond motifs is 1. The Hall–Kier alpha value is -2.62. The fourth-order valence-corrected chi connectivity index (χ4v) is 2.17. The number of aromatic amines is 1. The van der Waals surface area contributed by atoms with Crippen molar-refractivity contribution in [2.75, 3.05) is 5.32 Å². The molecule has 0 aliphatic rings. The van der Waals surface area contributed by atoms with Gasteiger partial charge in [0, 0.05) is 17.3 Å². The Balaban J connectivity index is 1.92. The quantitative estimate of drug-likeness (QED) is 0.728. The molecule has 3 nitrogen and oxygen atoms in total. The lowest BCUT2D eigenvalue weighted by Crippen LogP contribution is -2.13. The van der Waals surface area contributed by atoms with E-state index in [1.54, 1.807) is 31.2 Å². The number of carbonyl (C=O) groups is 1. The molecule has 3 rings (SSSR count). The molecule has 4 heteroatoms. The summed E-state index contributed by atoms with van der Waals surface area (Å²) in [4.78, 5) is 15.2. The molecule has 0 aliphatic heterocycles. The third-order valence-electron chi connectivity index (χ3n) is 3.28. The van der Waals surface area contributed by atoms with E-state index in [-0.39, 0.29) is 11.6 Å². The minimum Gasteiger partial charge on any atom is -0.361 e. The third-order valence-corrected chi connectivity index (χ3v) is 3.28. The van der Waals surface area contributed by atoms with Crippen LogP contribution in [0.1, 0.15) is 15.9 Å². The molecular formula is C16H13FN2O. The number of nitrogens with one attached hydrogen (secondary N) is 2. The Labute approximate surface area is 115 Å². The van der Waals surface area contributed by atoms with Gasteiger partial charge in [-0.1, -0.05) is 18.2 Å². The smallest absolute Gasteiger partial charge is 0.255 e. The highest BCUT2D eigenvalue weighted by molar-refractivity contribution is 6.06. The molecule has 0 bridgehead atoms. The Morgan fingerprint density at radius 1 is 1.20 bits per heavy atom. The molecule has 1 amide bonds. The molecule has 2 aromatic carbocycles. The van der Waals surface area contributed by atoms with Crippen LogP contribution in [0.25, 0.3) is 10.9 Å². The van der Waals surface area contributed by atoms with Gasteiger partial charge in [-0.3, -0.25) is 4.79 Å². The van der Waals surface area contributed by atoms with Crippen LogP contribution in [0.2, 0.25) is 0 Å². The summed E-state index contributed by atoms with van der Waals surface area (Å²) in [6.07, 6.45) is 1.81. The van der Waals surface area contributed by atoms with Crippen molar-refractivity contribution < 1.29 is 9.18 Å². The molecule has 0 atom stereocenters. The number of aromatic nitrogens is 1. The first-order valence-corrected chi connectivity index (χ1v) is 6.29. The molecule has 0 saturated carbocycles. The van der Waals surface area contributed by atoms with E-state index in [4.69, 9.17) is 0 Å². The third kappa shape index (κ3) is 2.16. The van der Waals surface area contributed by atoms with Crippen molar-refractivity contribution in [2.45, 2.75) is 6.92 Å². The summed E-state index contributed by atoms with van der Waals surface area (Å²) in [5.41, 5.74) is 2.29. The second kappa shape index (κ2) is 4.81. The van der Waals surface area contributed by atoms with Crippen LogP contribution < -0.4 is 5.32 Å². The van der Waals surface area contributed by atoms with Crippen LogP contribution in [0.15, 0.2) is 48.7 Å². The largest absolute Gasteiger partial charge is 0.361 e. The number of anilines is 1. The predicted molar refractivity (Wildman–Crippen MR) is 77.4 cm³/mol. The first-order valence-electron chi connectivity index (χ1n) is 6.29. The lowest BCUT2D eigenvalue weighted by Gasteiger charge is -2.09. The molecule has 0 spiro atoms. The topological polar surface area (TPSA) is 44.9 Å². The molecule has 0 saturated heterocycles. The van der Waals surface area contributed by atoms with E-state index in [0.717, 1.165) is 10.9 Å². The second-order valence-corrected chi connectivity index (χ2v) is 4.67. The molecule has 1 heterocycles. The predicted octanol–water partition coefficient (Wildman–Crippen LogP) is 3.87. The lowest BCUT2D eigenvalue weighted by atomic mass is 10.1. The zero-order valence-electron chi connectivity index (χ0n) is 10.9. The average Bonchev–Trinajstić information content (AvgIpc) is 2.90. The van der Waals surface area contributed by atoms with Gasteiger partial charge in [0.2, 0.25) is 0 Å². The highest BCUT2D eigenvalue weighted by atomic mass is 19.1. The first-order chi connectivity index (χ1) is 9.65. The summed E-state index contributed by atoms with van der Waals surface area (Å²) in [6, 6.07) is 12.0. The van der Waals surface area contributed by atoms with E-state index in [1.165, 1.54) is 6.07 Å². The van der Waals surface area contributed by atoms with Crippen molar-refractivity contribution in [1.82, 2.24) is 4.98 Å². The molecule has 100 valence electrons. The molecule has 3 aromatic rings. The summed E-state index contributed by atoms with van der Waals surface area (Å²) in [5.74, 6) is -0.756. The van der Waals surface area contributed by atoms with Gasteiger partial charge in [0.05, 0.1) is 5.69 Å². The fourth-order valence-electron chi connectivity index (χ4n) is 2.17. The average molecular weight is 268 g/mol. The lowest BCUT2D eigenvalue weighted by molar-refractivity contribution is 0.102. The fraction of sp³-hybridized carbons (Fsp3) is 0.0625. The molecular weight excluding hydrogens is 255 g/mol. The zero-order valence-corrected chi connectivity index (χ0v) is 10.9. The van der Waals surface area contributed by atoms with Gasteiger partial charge < -0.3 is 10.3 Å². The van der Waals surface area contributed by atoms with Crippen LogP contribution in [-0.2, 0) is 0 Å². The summed E-state index contributed by atoms with van der Waals surface area (Å²) >= 11 is 0. The molecule has 1 aromatic heterocycles. The van der Waals surface area contributed by atoms with Gasteiger partial charge in [-0.25, -0.2) is 4.39 Å². The zero-order chi connectivity index (χ0) is 14.1. The Morgan fingerprint density at radius 2 is 2.05 bits per heavy atom. The van der Waals surface area contributed by atoms with E-state index in [1.807, 2.05) is 18.3 Å². The Bertz CT molecular complexity index is 772. The summed E-state index contributed by atoms with van der Waals surface area (Å²) in [6.45, 7) is 1.76. The van der Waals surface area contributed by atoms with Crippen molar-refractivity contribution >= 4 is 22.5 Å². The number of H-pyrrole nitrogens is 1. The second-order valence-electron chi connectivity index (χ2n) is 4.67. The normalized spacial score (nSPS) is 10.7. The van der Waals surface area contributed by atoms with Gasteiger partial charge in [0.25, 0.3) is 5.91 Å². The van der Waals surface area contributed by atoms with Gasteiger partial charge in [-0.2, -0.15) is 0 Å². The monoisotopic (exact) mass is 268 g/mol. The first kappa shape index (κ1) is 12.4. The van der Waals surface area contributed by atoms with E-state index >= 15 is 0 Å².